The van der Waals surface area contributed by atoms with Gasteiger partial charge in [0.25, 0.3) is 5.22 Å². The van der Waals surface area contributed by atoms with Gasteiger partial charge in [-0.3, -0.25) is 0 Å². The van der Waals surface area contributed by atoms with E-state index >= 15 is 0 Å². The van der Waals surface area contributed by atoms with Crippen LogP contribution in [0.15, 0.2) is 50.6 Å². The zero-order chi connectivity index (χ0) is 19.7. The highest BCUT2D eigenvalue weighted by molar-refractivity contribution is 7.98. The molecule has 0 amide bonds. The van der Waals surface area contributed by atoms with Gasteiger partial charge in [0.2, 0.25) is 17.6 Å². The molecule has 8 heteroatoms. The number of halogens is 1. The number of benzene rings is 2. The molecule has 0 bridgehead atoms. The molecule has 0 N–H and O–H groups in total. The van der Waals surface area contributed by atoms with Crippen molar-refractivity contribution in [2.75, 3.05) is 0 Å². The van der Waals surface area contributed by atoms with Gasteiger partial charge in [-0.15, -0.1) is 10.2 Å². The van der Waals surface area contributed by atoms with Crippen LogP contribution in [0.1, 0.15) is 22.6 Å². The topological polar surface area (TPSA) is 77.8 Å². The summed E-state index contributed by atoms with van der Waals surface area (Å²) in [5.74, 6) is 1.27. The fraction of sp³-hybridized carbons (Fsp3) is 0.200. The fourth-order valence-corrected chi connectivity index (χ4v) is 3.15. The second-order valence-corrected chi connectivity index (χ2v) is 7.36. The molecule has 0 aliphatic carbocycles. The number of thioether (sulfide) groups is 1. The van der Waals surface area contributed by atoms with Crippen LogP contribution in [0.25, 0.3) is 22.8 Å². The molecule has 4 rings (SSSR count). The van der Waals surface area contributed by atoms with Crippen molar-refractivity contribution < 1.29 is 13.3 Å². The van der Waals surface area contributed by atoms with E-state index in [1.807, 2.05) is 25.1 Å². The van der Waals surface area contributed by atoms with Crippen molar-refractivity contribution in [2.24, 2.45) is 0 Å². The van der Waals surface area contributed by atoms with Crippen molar-refractivity contribution in [2.45, 2.75) is 31.7 Å². The van der Waals surface area contributed by atoms with Crippen LogP contribution in [-0.4, -0.2) is 20.3 Å². The van der Waals surface area contributed by atoms with Gasteiger partial charge in [0, 0.05) is 11.1 Å². The molecule has 0 saturated heterocycles. The van der Waals surface area contributed by atoms with Gasteiger partial charge in [0.05, 0.1) is 5.75 Å². The predicted octanol–water partition coefficient (Wildman–Crippen LogP) is 5.14. The Balaban J connectivity index is 1.44. The summed E-state index contributed by atoms with van der Waals surface area (Å²) in [6.45, 7) is 5.80. The van der Waals surface area contributed by atoms with Crippen LogP contribution < -0.4 is 0 Å². The Morgan fingerprint density at radius 3 is 2.50 bits per heavy atom. The number of nitrogens with zero attached hydrogens (tertiary/aromatic N) is 4. The number of hydrogen-bond acceptors (Lipinski definition) is 7. The molecule has 0 spiro atoms. The molecule has 4 aromatic rings. The lowest BCUT2D eigenvalue weighted by atomic mass is 10.1. The Labute approximate surface area is 165 Å². The molecule has 0 saturated carbocycles. The molecule has 0 atom stereocenters. The maximum Gasteiger partial charge on any atom is 0.277 e. The Bertz CT molecular complexity index is 1050. The average molecular weight is 396 g/mol. The molecule has 0 unspecified atom stereocenters. The van der Waals surface area contributed by atoms with E-state index in [0.717, 1.165) is 11.1 Å². The molecule has 0 radical (unpaired) electrons. The first-order valence-corrected chi connectivity index (χ1v) is 9.61. The van der Waals surface area contributed by atoms with Crippen molar-refractivity contribution in [3.8, 4) is 22.8 Å². The van der Waals surface area contributed by atoms with Gasteiger partial charge in [0.1, 0.15) is 5.82 Å². The molecular formula is C20H17FN4O2S. The quantitative estimate of drug-likeness (QED) is 0.432. The minimum Gasteiger partial charge on any atom is -0.411 e. The highest BCUT2D eigenvalue weighted by atomic mass is 32.2. The van der Waals surface area contributed by atoms with Crippen LogP contribution in [0, 0.1) is 26.6 Å². The Morgan fingerprint density at radius 2 is 1.71 bits per heavy atom. The van der Waals surface area contributed by atoms with Crippen LogP contribution in [0.5, 0.6) is 0 Å². The predicted molar refractivity (Wildman–Crippen MR) is 103 cm³/mol. The number of aromatic nitrogens is 4. The summed E-state index contributed by atoms with van der Waals surface area (Å²) in [5.41, 5.74) is 4.38. The normalized spacial score (nSPS) is 11.1. The molecule has 2 aromatic carbocycles. The van der Waals surface area contributed by atoms with Gasteiger partial charge in [-0.05, 0) is 55.7 Å². The molecule has 6 nitrogen and oxygen atoms in total. The summed E-state index contributed by atoms with van der Waals surface area (Å²) in [6.07, 6.45) is 0. The first kappa shape index (κ1) is 18.4. The summed E-state index contributed by atoms with van der Waals surface area (Å²) in [7, 11) is 0. The molecule has 142 valence electrons. The molecule has 28 heavy (non-hydrogen) atoms. The Morgan fingerprint density at radius 1 is 0.929 bits per heavy atom. The van der Waals surface area contributed by atoms with Gasteiger partial charge < -0.3 is 8.94 Å². The van der Waals surface area contributed by atoms with Crippen molar-refractivity contribution >= 4 is 11.8 Å². The van der Waals surface area contributed by atoms with Crippen molar-refractivity contribution in [1.82, 2.24) is 20.3 Å². The lowest BCUT2D eigenvalue weighted by Gasteiger charge is -2.00. The molecule has 0 fully saturated rings. The highest BCUT2D eigenvalue weighted by Gasteiger charge is 2.14. The SMILES string of the molecule is Cc1ccc(-c2nnc(SCc3nc(-c4ccc(C)c(F)c4)no3)o2)cc1C. The second kappa shape index (κ2) is 7.55. The lowest BCUT2D eigenvalue weighted by Crippen LogP contribution is -1.86. The summed E-state index contributed by atoms with van der Waals surface area (Å²) in [4.78, 5) is 4.30. The molecular weight excluding hydrogens is 379 g/mol. The van der Waals surface area contributed by atoms with E-state index in [1.54, 1.807) is 19.1 Å². The van der Waals surface area contributed by atoms with E-state index in [1.165, 1.54) is 23.4 Å². The first-order valence-electron chi connectivity index (χ1n) is 8.62. The zero-order valence-electron chi connectivity index (χ0n) is 15.6. The van der Waals surface area contributed by atoms with Gasteiger partial charge in [-0.1, -0.05) is 35.1 Å². The highest BCUT2D eigenvalue weighted by Crippen LogP contribution is 2.27. The molecule has 0 aliphatic heterocycles. The van der Waals surface area contributed by atoms with E-state index in [2.05, 4.69) is 27.3 Å². The van der Waals surface area contributed by atoms with E-state index in [4.69, 9.17) is 8.94 Å². The van der Waals surface area contributed by atoms with Crippen LogP contribution in [0.2, 0.25) is 0 Å². The third kappa shape index (κ3) is 3.82. The van der Waals surface area contributed by atoms with E-state index in [-0.39, 0.29) is 5.82 Å². The summed E-state index contributed by atoms with van der Waals surface area (Å²) >= 11 is 1.30. The zero-order valence-corrected chi connectivity index (χ0v) is 16.4. The average Bonchev–Trinajstić information content (AvgIpc) is 3.34. The standard InChI is InChI=1S/C20H17FN4O2S/c1-11-4-7-15(8-13(11)3)19-23-24-20(26-19)28-10-17-22-18(25-27-17)14-6-5-12(2)16(21)9-14/h4-9H,10H2,1-3H3. The van der Waals surface area contributed by atoms with E-state index in [0.29, 0.717) is 39.7 Å². The fourth-order valence-electron chi connectivity index (χ4n) is 2.55. The van der Waals surface area contributed by atoms with Gasteiger partial charge in [-0.2, -0.15) is 4.98 Å². The van der Waals surface area contributed by atoms with Crippen molar-refractivity contribution in [3.63, 3.8) is 0 Å². The third-order valence-electron chi connectivity index (χ3n) is 4.38. The summed E-state index contributed by atoms with van der Waals surface area (Å²) in [5, 5.41) is 12.5. The van der Waals surface area contributed by atoms with Gasteiger partial charge >= 0.3 is 0 Å². The molecule has 2 heterocycles. The Kier molecular flexibility index (Phi) is 4.95. The number of aryl methyl sites for hydroxylation is 3. The lowest BCUT2D eigenvalue weighted by molar-refractivity contribution is 0.391. The van der Waals surface area contributed by atoms with Crippen LogP contribution in [-0.2, 0) is 5.75 Å². The van der Waals surface area contributed by atoms with E-state index in [9.17, 15) is 4.39 Å². The first-order chi connectivity index (χ1) is 13.5. The minimum atomic E-state index is -0.303. The maximum atomic E-state index is 13.7. The number of rotatable bonds is 5. The second-order valence-electron chi connectivity index (χ2n) is 6.44. The smallest absolute Gasteiger partial charge is 0.277 e. The van der Waals surface area contributed by atoms with Crippen LogP contribution >= 0.6 is 11.8 Å². The van der Waals surface area contributed by atoms with Crippen molar-refractivity contribution in [3.05, 3.63) is 64.8 Å². The van der Waals surface area contributed by atoms with E-state index < -0.39 is 0 Å². The van der Waals surface area contributed by atoms with Crippen LogP contribution in [0.3, 0.4) is 0 Å². The monoisotopic (exact) mass is 396 g/mol. The van der Waals surface area contributed by atoms with Crippen LogP contribution in [0.4, 0.5) is 4.39 Å². The summed E-state index contributed by atoms with van der Waals surface area (Å²) < 4.78 is 24.7. The third-order valence-corrected chi connectivity index (χ3v) is 5.18. The largest absolute Gasteiger partial charge is 0.411 e. The number of hydrogen-bond donors (Lipinski definition) is 0. The molecule has 0 aliphatic rings. The van der Waals surface area contributed by atoms with Gasteiger partial charge in [-0.25, -0.2) is 4.39 Å². The Hall–Kier alpha value is -3.00. The minimum absolute atomic E-state index is 0.303. The summed E-state index contributed by atoms with van der Waals surface area (Å²) in [6, 6.07) is 10.8. The van der Waals surface area contributed by atoms with Gasteiger partial charge in [0.15, 0.2) is 0 Å². The van der Waals surface area contributed by atoms with Crippen molar-refractivity contribution in [1.29, 1.82) is 0 Å². The maximum absolute atomic E-state index is 13.7. The molecule has 2 aromatic heterocycles.